The molecular formula is C12H13Cl2N3. The first-order chi connectivity index (χ1) is 8.04. The number of aromatic nitrogens is 2. The van der Waals surface area contributed by atoms with Gasteiger partial charge in [0.2, 0.25) is 0 Å². The van der Waals surface area contributed by atoms with Gasteiger partial charge in [-0.1, -0.05) is 30.1 Å². The number of aryl methyl sites for hydroxylation is 1. The molecule has 1 aromatic heterocycles. The minimum absolute atomic E-state index is 0.627. The lowest BCUT2D eigenvalue weighted by Crippen LogP contribution is -1.98. The number of nitrogen functional groups attached to an aromatic ring is 1. The number of rotatable bonds is 2. The van der Waals surface area contributed by atoms with Gasteiger partial charge in [0.15, 0.2) is 0 Å². The maximum Gasteiger partial charge on any atom is 0.125 e. The van der Waals surface area contributed by atoms with Crippen LogP contribution in [0.4, 0.5) is 5.82 Å². The van der Waals surface area contributed by atoms with Crippen molar-refractivity contribution >= 4 is 29.0 Å². The van der Waals surface area contributed by atoms with E-state index >= 15 is 0 Å². The van der Waals surface area contributed by atoms with E-state index in [-0.39, 0.29) is 0 Å². The molecule has 0 aliphatic carbocycles. The number of halogens is 2. The number of nitrogens with zero attached hydrogens (tertiary/aromatic N) is 2. The highest BCUT2D eigenvalue weighted by atomic mass is 35.5. The van der Waals surface area contributed by atoms with Crippen molar-refractivity contribution in [1.29, 1.82) is 0 Å². The highest BCUT2D eigenvalue weighted by molar-refractivity contribution is 6.35. The lowest BCUT2D eigenvalue weighted by atomic mass is 10.1. The van der Waals surface area contributed by atoms with E-state index in [0.717, 1.165) is 23.2 Å². The number of benzene rings is 1. The Morgan fingerprint density at radius 2 is 2.06 bits per heavy atom. The van der Waals surface area contributed by atoms with E-state index in [2.05, 4.69) is 5.10 Å². The highest BCUT2D eigenvalue weighted by Gasteiger charge is 2.16. The Kier molecular flexibility index (Phi) is 3.31. The van der Waals surface area contributed by atoms with Gasteiger partial charge in [0.05, 0.1) is 10.7 Å². The first kappa shape index (κ1) is 12.3. The molecule has 17 heavy (non-hydrogen) atoms. The van der Waals surface area contributed by atoms with Gasteiger partial charge in [-0.3, -0.25) is 4.68 Å². The predicted molar refractivity (Wildman–Crippen MR) is 72.5 cm³/mol. The van der Waals surface area contributed by atoms with Crippen molar-refractivity contribution in [1.82, 2.24) is 9.78 Å². The van der Waals surface area contributed by atoms with Crippen LogP contribution in [-0.2, 0) is 13.5 Å². The summed E-state index contributed by atoms with van der Waals surface area (Å²) in [5.41, 5.74) is 8.59. The molecule has 1 heterocycles. The molecule has 2 rings (SSSR count). The van der Waals surface area contributed by atoms with Gasteiger partial charge >= 0.3 is 0 Å². The molecule has 0 aliphatic rings. The molecule has 2 aromatic rings. The van der Waals surface area contributed by atoms with E-state index < -0.39 is 0 Å². The Morgan fingerprint density at radius 1 is 1.35 bits per heavy atom. The van der Waals surface area contributed by atoms with Crippen LogP contribution < -0.4 is 5.73 Å². The van der Waals surface area contributed by atoms with E-state index in [9.17, 15) is 0 Å². The van der Waals surface area contributed by atoms with Gasteiger partial charge in [-0.05, 0) is 24.6 Å². The molecule has 3 nitrogen and oxygen atoms in total. The molecule has 0 fully saturated rings. The van der Waals surface area contributed by atoms with Crippen molar-refractivity contribution in [2.45, 2.75) is 13.3 Å². The van der Waals surface area contributed by atoms with E-state index in [0.29, 0.717) is 15.9 Å². The normalized spacial score (nSPS) is 10.8. The topological polar surface area (TPSA) is 43.8 Å². The Bertz CT molecular complexity index is 561. The highest BCUT2D eigenvalue weighted by Crippen LogP contribution is 2.34. The Balaban J connectivity index is 2.68. The zero-order valence-electron chi connectivity index (χ0n) is 9.67. The molecule has 0 bridgehead atoms. The molecule has 2 N–H and O–H groups in total. The molecular weight excluding hydrogens is 257 g/mol. The number of nitrogens with two attached hydrogens (primary N) is 1. The van der Waals surface area contributed by atoms with Crippen LogP contribution in [0.3, 0.4) is 0 Å². The number of anilines is 1. The molecule has 5 heteroatoms. The van der Waals surface area contributed by atoms with Gasteiger partial charge in [-0.2, -0.15) is 5.10 Å². The maximum atomic E-state index is 6.17. The third-order valence-electron chi connectivity index (χ3n) is 2.73. The summed E-state index contributed by atoms with van der Waals surface area (Å²) in [5, 5.41) is 5.66. The van der Waals surface area contributed by atoms with Gasteiger partial charge in [-0.25, -0.2) is 0 Å². The SMILES string of the molecule is CCc1c(-c2cc(Cl)ccc2Cl)nn(C)c1N. The van der Waals surface area contributed by atoms with Crippen molar-refractivity contribution in [2.75, 3.05) is 5.73 Å². The van der Waals surface area contributed by atoms with Crippen LogP contribution in [0.2, 0.25) is 10.0 Å². The maximum absolute atomic E-state index is 6.17. The molecule has 0 unspecified atom stereocenters. The molecule has 0 aliphatic heterocycles. The fraction of sp³-hybridized carbons (Fsp3) is 0.250. The minimum atomic E-state index is 0.627. The Morgan fingerprint density at radius 3 is 2.71 bits per heavy atom. The summed E-state index contributed by atoms with van der Waals surface area (Å²) in [4.78, 5) is 0. The van der Waals surface area contributed by atoms with Crippen LogP contribution in [0.1, 0.15) is 12.5 Å². The summed E-state index contributed by atoms with van der Waals surface area (Å²) in [7, 11) is 1.82. The number of hydrogen-bond donors (Lipinski definition) is 1. The summed E-state index contributed by atoms with van der Waals surface area (Å²) in [6, 6.07) is 5.33. The molecule has 0 spiro atoms. The second-order valence-corrected chi connectivity index (χ2v) is 4.66. The van der Waals surface area contributed by atoms with Gasteiger partial charge in [-0.15, -0.1) is 0 Å². The molecule has 0 radical (unpaired) electrons. The average Bonchev–Trinajstić information content (AvgIpc) is 2.58. The number of hydrogen-bond acceptors (Lipinski definition) is 2. The van der Waals surface area contributed by atoms with Crippen LogP contribution >= 0.6 is 23.2 Å². The second-order valence-electron chi connectivity index (χ2n) is 3.81. The molecule has 90 valence electrons. The molecule has 0 saturated heterocycles. The Hall–Kier alpha value is -1.19. The van der Waals surface area contributed by atoms with Crippen LogP contribution in [0, 0.1) is 0 Å². The van der Waals surface area contributed by atoms with Crippen molar-refractivity contribution in [3.63, 3.8) is 0 Å². The lowest BCUT2D eigenvalue weighted by molar-refractivity contribution is 0.782. The summed E-state index contributed by atoms with van der Waals surface area (Å²) < 4.78 is 1.66. The van der Waals surface area contributed by atoms with E-state index in [1.54, 1.807) is 16.8 Å². The lowest BCUT2D eigenvalue weighted by Gasteiger charge is -2.04. The van der Waals surface area contributed by atoms with Gasteiger partial charge in [0.25, 0.3) is 0 Å². The molecule has 0 atom stereocenters. The van der Waals surface area contributed by atoms with Crippen molar-refractivity contribution in [2.24, 2.45) is 7.05 Å². The largest absolute Gasteiger partial charge is 0.384 e. The van der Waals surface area contributed by atoms with Crippen LogP contribution in [0.5, 0.6) is 0 Å². The smallest absolute Gasteiger partial charge is 0.125 e. The van der Waals surface area contributed by atoms with Gasteiger partial charge in [0, 0.05) is 23.2 Å². The van der Waals surface area contributed by atoms with Crippen LogP contribution in [-0.4, -0.2) is 9.78 Å². The quantitative estimate of drug-likeness (QED) is 0.907. The minimum Gasteiger partial charge on any atom is -0.384 e. The van der Waals surface area contributed by atoms with Crippen molar-refractivity contribution in [3.8, 4) is 11.3 Å². The third-order valence-corrected chi connectivity index (χ3v) is 3.30. The zero-order valence-corrected chi connectivity index (χ0v) is 11.2. The first-order valence-electron chi connectivity index (χ1n) is 5.31. The summed E-state index contributed by atoms with van der Waals surface area (Å²) in [6.45, 7) is 2.04. The fourth-order valence-electron chi connectivity index (χ4n) is 1.82. The van der Waals surface area contributed by atoms with Gasteiger partial charge < -0.3 is 5.73 Å². The van der Waals surface area contributed by atoms with E-state index in [1.165, 1.54) is 0 Å². The Labute approximate surface area is 110 Å². The monoisotopic (exact) mass is 269 g/mol. The summed E-state index contributed by atoms with van der Waals surface area (Å²) in [5.74, 6) is 0.665. The standard InChI is InChI=1S/C12H13Cl2N3/c1-3-8-11(16-17(2)12(8)15)9-6-7(13)4-5-10(9)14/h4-6H,3,15H2,1-2H3. The van der Waals surface area contributed by atoms with Crippen molar-refractivity contribution in [3.05, 3.63) is 33.8 Å². The fourth-order valence-corrected chi connectivity index (χ4v) is 2.20. The first-order valence-corrected chi connectivity index (χ1v) is 6.07. The molecule has 0 amide bonds. The second kappa shape index (κ2) is 4.59. The van der Waals surface area contributed by atoms with Crippen molar-refractivity contribution < 1.29 is 0 Å². The summed E-state index contributed by atoms with van der Waals surface area (Å²) >= 11 is 12.2. The molecule has 1 aromatic carbocycles. The third kappa shape index (κ3) is 2.13. The zero-order chi connectivity index (χ0) is 12.6. The van der Waals surface area contributed by atoms with E-state index in [4.69, 9.17) is 28.9 Å². The van der Waals surface area contributed by atoms with Crippen LogP contribution in [0.25, 0.3) is 11.3 Å². The predicted octanol–water partition coefficient (Wildman–Crippen LogP) is 3.54. The molecule has 0 saturated carbocycles. The average molecular weight is 270 g/mol. The van der Waals surface area contributed by atoms with Gasteiger partial charge in [0.1, 0.15) is 5.82 Å². The summed E-state index contributed by atoms with van der Waals surface area (Å²) in [6.07, 6.45) is 0.803. The van der Waals surface area contributed by atoms with Crippen LogP contribution in [0.15, 0.2) is 18.2 Å². The van der Waals surface area contributed by atoms with E-state index in [1.807, 2.05) is 20.0 Å².